The maximum Gasteiger partial charge on any atom is 0.0462 e. The molecule has 0 amide bonds. The third-order valence-electron chi connectivity index (χ3n) is 3.43. The monoisotopic (exact) mass is 301 g/mol. The van der Waals surface area contributed by atoms with Crippen LogP contribution in [-0.4, -0.2) is 5.54 Å². The first kappa shape index (κ1) is 12.4. The molecule has 0 aromatic heterocycles. The molecular formula is C13H17BrClN. The van der Waals surface area contributed by atoms with Gasteiger partial charge in [0.2, 0.25) is 0 Å². The zero-order valence-electron chi connectivity index (χ0n) is 9.52. The van der Waals surface area contributed by atoms with Crippen molar-refractivity contribution in [3.63, 3.8) is 0 Å². The minimum atomic E-state index is 0.316. The summed E-state index contributed by atoms with van der Waals surface area (Å²) in [6.45, 7) is 3.18. The second-order valence-corrected chi connectivity index (χ2v) is 6.18. The molecule has 1 aromatic rings. The smallest absolute Gasteiger partial charge is 0.0462 e. The van der Waals surface area contributed by atoms with Gasteiger partial charge in [0.05, 0.1) is 0 Å². The second-order valence-electron chi connectivity index (χ2n) is 4.86. The molecule has 0 saturated heterocycles. The van der Waals surface area contributed by atoms with Crippen LogP contribution in [0.25, 0.3) is 0 Å². The summed E-state index contributed by atoms with van der Waals surface area (Å²) in [4.78, 5) is 0. The lowest BCUT2D eigenvalue weighted by Crippen LogP contribution is -2.38. The van der Waals surface area contributed by atoms with E-state index in [-0.39, 0.29) is 0 Å². The maximum atomic E-state index is 6.19. The van der Waals surface area contributed by atoms with Gasteiger partial charge in [-0.1, -0.05) is 46.4 Å². The van der Waals surface area contributed by atoms with Gasteiger partial charge in [-0.15, -0.1) is 0 Å². The molecule has 0 heterocycles. The van der Waals surface area contributed by atoms with Gasteiger partial charge in [0.1, 0.15) is 0 Å². The molecule has 1 aliphatic carbocycles. The van der Waals surface area contributed by atoms with Crippen molar-refractivity contribution in [2.24, 2.45) is 0 Å². The summed E-state index contributed by atoms with van der Waals surface area (Å²) in [5, 5.41) is 4.47. The zero-order chi connectivity index (χ0) is 11.6. The first-order valence-corrected chi connectivity index (χ1v) is 6.95. The Balaban J connectivity index is 1.99. The molecule has 0 atom stereocenters. The van der Waals surface area contributed by atoms with Crippen molar-refractivity contribution in [3.05, 3.63) is 33.3 Å². The number of rotatable bonds is 3. The summed E-state index contributed by atoms with van der Waals surface area (Å²) < 4.78 is 1.04. The highest BCUT2D eigenvalue weighted by molar-refractivity contribution is 9.10. The summed E-state index contributed by atoms with van der Waals surface area (Å²) in [6.07, 6.45) is 5.25. The lowest BCUT2D eigenvalue weighted by atomic mass is 10.0. The topological polar surface area (TPSA) is 12.0 Å². The molecule has 1 N–H and O–H groups in total. The Labute approximate surface area is 111 Å². The minimum absolute atomic E-state index is 0.316. The minimum Gasteiger partial charge on any atom is -0.307 e. The predicted molar refractivity (Wildman–Crippen MR) is 72.9 cm³/mol. The third kappa shape index (κ3) is 2.99. The quantitative estimate of drug-likeness (QED) is 0.865. The summed E-state index contributed by atoms with van der Waals surface area (Å²) in [5.41, 5.74) is 1.49. The molecule has 1 aromatic carbocycles. The predicted octanol–water partition coefficient (Wildman–Crippen LogP) is 4.52. The molecule has 1 saturated carbocycles. The van der Waals surface area contributed by atoms with Crippen LogP contribution in [0.1, 0.15) is 38.2 Å². The van der Waals surface area contributed by atoms with Gasteiger partial charge >= 0.3 is 0 Å². The van der Waals surface area contributed by atoms with Crippen LogP contribution >= 0.6 is 27.5 Å². The van der Waals surface area contributed by atoms with Crippen LogP contribution in [0.2, 0.25) is 5.02 Å². The molecule has 0 radical (unpaired) electrons. The largest absolute Gasteiger partial charge is 0.307 e. The van der Waals surface area contributed by atoms with Gasteiger partial charge in [-0.05, 0) is 37.5 Å². The maximum absolute atomic E-state index is 6.19. The van der Waals surface area contributed by atoms with Gasteiger partial charge in [-0.3, -0.25) is 0 Å². The van der Waals surface area contributed by atoms with Crippen molar-refractivity contribution in [2.75, 3.05) is 0 Å². The Morgan fingerprint density at radius 3 is 2.69 bits per heavy atom. The molecule has 1 aliphatic rings. The Morgan fingerprint density at radius 2 is 2.06 bits per heavy atom. The van der Waals surface area contributed by atoms with Crippen LogP contribution in [0.5, 0.6) is 0 Å². The molecule has 0 unspecified atom stereocenters. The molecule has 0 bridgehead atoms. The lowest BCUT2D eigenvalue weighted by molar-refractivity contribution is 0.363. The van der Waals surface area contributed by atoms with Crippen LogP contribution in [0, 0.1) is 0 Å². The number of hydrogen-bond acceptors (Lipinski definition) is 1. The van der Waals surface area contributed by atoms with Gasteiger partial charge in [-0.25, -0.2) is 0 Å². The second kappa shape index (κ2) is 5.07. The molecule has 1 fully saturated rings. The molecule has 3 heteroatoms. The van der Waals surface area contributed by atoms with Crippen molar-refractivity contribution >= 4 is 27.5 Å². The van der Waals surface area contributed by atoms with Crippen LogP contribution in [-0.2, 0) is 6.54 Å². The summed E-state index contributed by atoms with van der Waals surface area (Å²) in [5.74, 6) is 0. The standard InChI is InChI=1S/C13H17BrClN/c1-13(6-2-3-7-13)16-9-10-4-5-11(14)8-12(10)15/h4-5,8,16H,2-3,6-7,9H2,1H3. The SMILES string of the molecule is CC1(NCc2ccc(Br)cc2Cl)CCCC1. The Hall–Kier alpha value is -0.0500. The highest BCUT2D eigenvalue weighted by atomic mass is 79.9. The Bertz CT molecular complexity index is 372. The van der Waals surface area contributed by atoms with E-state index in [0.717, 1.165) is 16.0 Å². The van der Waals surface area contributed by atoms with E-state index in [1.165, 1.54) is 31.2 Å². The first-order chi connectivity index (χ1) is 7.59. The van der Waals surface area contributed by atoms with E-state index in [9.17, 15) is 0 Å². The van der Waals surface area contributed by atoms with Crippen molar-refractivity contribution in [3.8, 4) is 0 Å². The number of halogens is 2. The third-order valence-corrected chi connectivity index (χ3v) is 4.27. The molecule has 88 valence electrons. The molecular weight excluding hydrogens is 286 g/mol. The number of benzene rings is 1. The van der Waals surface area contributed by atoms with Gasteiger partial charge in [0.25, 0.3) is 0 Å². The fourth-order valence-electron chi connectivity index (χ4n) is 2.31. The zero-order valence-corrected chi connectivity index (χ0v) is 11.9. The van der Waals surface area contributed by atoms with E-state index >= 15 is 0 Å². The Morgan fingerprint density at radius 1 is 1.38 bits per heavy atom. The van der Waals surface area contributed by atoms with E-state index in [1.54, 1.807) is 0 Å². The van der Waals surface area contributed by atoms with E-state index in [4.69, 9.17) is 11.6 Å². The van der Waals surface area contributed by atoms with Crippen LogP contribution < -0.4 is 5.32 Å². The summed E-state index contributed by atoms with van der Waals surface area (Å²) in [7, 11) is 0. The average molecular weight is 303 g/mol. The Kier molecular flexibility index (Phi) is 3.93. The molecule has 0 aliphatic heterocycles. The number of hydrogen-bond donors (Lipinski definition) is 1. The molecule has 0 spiro atoms. The van der Waals surface area contributed by atoms with Crippen molar-refractivity contribution in [2.45, 2.75) is 44.7 Å². The normalized spacial score (nSPS) is 18.9. The molecule has 1 nitrogen and oxygen atoms in total. The van der Waals surface area contributed by atoms with E-state index in [0.29, 0.717) is 5.54 Å². The average Bonchev–Trinajstić information content (AvgIpc) is 2.64. The fourth-order valence-corrected chi connectivity index (χ4v) is 3.05. The molecule has 16 heavy (non-hydrogen) atoms. The van der Waals surface area contributed by atoms with Gasteiger partial charge in [0.15, 0.2) is 0 Å². The van der Waals surface area contributed by atoms with Crippen LogP contribution in [0.3, 0.4) is 0 Å². The highest BCUT2D eigenvalue weighted by Crippen LogP contribution is 2.30. The van der Waals surface area contributed by atoms with Gasteiger partial charge < -0.3 is 5.32 Å². The van der Waals surface area contributed by atoms with E-state index in [2.05, 4.69) is 34.2 Å². The van der Waals surface area contributed by atoms with Crippen LogP contribution in [0.4, 0.5) is 0 Å². The van der Waals surface area contributed by atoms with E-state index in [1.807, 2.05) is 12.1 Å². The molecule has 2 rings (SSSR count). The first-order valence-electron chi connectivity index (χ1n) is 5.78. The summed E-state index contributed by atoms with van der Waals surface area (Å²) in [6, 6.07) is 6.08. The highest BCUT2D eigenvalue weighted by Gasteiger charge is 2.27. The van der Waals surface area contributed by atoms with E-state index < -0.39 is 0 Å². The van der Waals surface area contributed by atoms with Crippen molar-refractivity contribution in [1.82, 2.24) is 5.32 Å². The fraction of sp³-hybridized carbons (Fsp3) is 0.538. The van der Waals surface area contributed by atoms with Gasteiger partial charge in [0, 0.05) is 21.6 Å². The van der Waals surface area contributed by atoms with Gasteiger partial charge in [-0.2, -0.15) is 0 Å². The van der Waals surface area contributed by atoms with Crippen molar-refractivity contribution < 1.29 is 0 Å². The lowest BCUT2D eigenvalue weighted by Gasteiger charge is -2.25. The summed E-state index contributed by atoms with van der Waals surface area (Å²) >= 11 is 9.61. The van der Waals surface area contributed by atoms with Crippen molar-refractivity contribution in [1.29, 1.82) is 0 Å². The number of nitrogens with one attached hydrogen (secondary N) is 1. The van der Waals surface area contributed by atoms with Crippen LogP contribution in [0.15, 0.2) is 22.7 Å².